The number of alkyl halides is 3. The van der Waals surface area contributed by atoms with Gasteiger partial charge in [0.05, 0.1) is 19.3 Å². The Bertz CT molecular complexity index is 972. The molecule has 0 spiro atoms. The van der Waals surface area contributed by atoms with Gasteiger partial charge in [-0.2, -0.15) is 18.2 Å². The zero-order chi connectivity index (χ0) is 24.6. The van der Waals surface area contributed by atoms with Gasteiger partial charge in [-0.3, -0.25) is 4.79 Å². The molecule has 7 nitrogen and oxygen atoms in total. The quantitative estimate of drug-likeness (QED) is 0.339. The first-order valence-electron chi connectivity index (χ1n) is 11.0. The smallest absolute Gasteiger partial charge is 0.416 e. The molecule has 0 unspecified atom stereocenters. The van der Waals surface area contributed by atoms with Gasteiger partial charge in [0.2, 0.25) is 0 Å². The summed E-state index contributed by atoms with van der Waals surface area (Å²) in [5, 5.41) is 0. The highest BCUT2D eigenvalue weighted by atomic mass is 19.4. The van der Waals surface area contributed by atoms with Crippen LogP contribution in [0.25, 0.3) is 0 Å². The fourth-order valence-electron chi connectivity index (χ4n) is 3.45. The number of carbonyl (C=O) groups excluding carboxylic acids is 1. The molecule has 0 N–H and O–H groups in total. The molecule has 1 heterocycles. The molecule has 1 saturated heterocycles. The van der Waals surface area contributed by atoms with E-state index in [-0.39, 0.29) is 12.6 Å². The lowest BCUT2D eigenvalue weighted by Gasteiger charge is -2.37. The van der Waals surface area contributed by atoms with Gasteiger partial charge in [0, 0.05) is 44.0 Å². The van der Waals surface area contributed by atoms with E-state index < -0.39 is 17.6 Å². The van der Waals surface area contributed by atoms with E-state index in [1.807, 2.05) is 16.7 Å². The van der Waals surface area contributed by atoms with Crippen molar-refractivity contribution in [1.29, 1.82) is 0 Å². The minimum absolute atomic E-state index is 0.171. The number of halogens is 3. The number of hydrogen-bond donors (Lipinski definition) is 0. The highest BCUT2D eigenvalue weighted by Gasteiger charge is 2.31. The Morgan fingerprint density at radius 1 is 1.03 bits per heavy atom. The molecule has 10 heteroatoms. The average Bonchev–Trinajstić information content (AvgIpc) is 2.85. The Kier molecular flexibility index (Phi) is 8.75. The van der Waals surface area contributed by atoms with Gasteiger partial charge in [-0.05, 0) is 49.4 Å². The summed E-state index contributed by atoms with van der Waals surface area (Å²) in [6.07, 6.45) is -4.39. The van der Waals surface area contributed by atoms with Crippen molar-refractivity contribution in [2.24, 2.45) is 4.99 Å². The second-order valence-electron chi connectivity index (χ2n) is 7.50. The maximum atomic E-state index is 13.1. The van der Waals surface area contributed by atoms with Gasteiger partial charge in [-0.1, -0.05) is 6.07 Å². The van der Waals surface area contributed by atoms with Crippen LogP contribution in [-0.2, 0) is 15.7 Å². The molecule has 34 heavy (non-hydrogen) atoms. The number of carbonyl (C=O) groups is 1. The van der Waals surface area contributed by atoms with E-state index in [1.165, 1.54) is 13.2 Å². The summed E-state index contributed by atoms with van der Waals surface area (Å²) in [4.78, 5) is 20.6. The lowest BCUT2D eigenvalue weighted by Crippen LogP contribution is -2.49. The van der Waals surface area contributed by atoms with Gasteiger partial charge in [0.25, 0.3) is 11.9 Å². The van der Waals surface area contributed by atoms with Crippen LogP contribution in [0.5, 0.6) is 5.75 Å². The molecule has 2 aromatic carbocycles. The molecule has 1 amide bonds. The number of nitrogens with zero attached hydrogens (tertiary/aromatic N) is 3. The van der Waals surface area contributed by atoms with E-state index in [2.05, 4.69) is 4.99 Å². The number of hydrogen-bond acceptors (Lipinski definition) is 5. The molecule has 0 atom stereocenters. The van der Waals surface area contributed by atoms with Crippen LogP contribution < -0.4 is 9.64 Å². The van der Waals surface area contributed by atoms with Crippen molar-refractivity contribution in [1.82, 2.24) is 4.90 Å². The Labute approximate surface area is 196 Å². The van der Waals surface area contributed by atoms with Gasteiger partial charge in [0.1, 0.15) is 12.4 Å². The Balaban J connectivity index is 1.70. The minimum atomic E-state index is -4.39. The number of methoxy groups -OCH3 is 1. The summed E-state index contributed by atoms with van der Waals surface area (Å²) < 4.78 is 55.4. The van der Waals surface area contributed by atoms with Crippen LogP contribution in [0.3, 0.4) is 0 Å². The maximum absolute atomic E-state index is 13.1. The van der Waals surface area contributed by atoms with Crippen molar-refractivity contribution in [2.75, 3.05) is 58.0 Å². The molecule has 1 aliphatic rings. The Morgan fingerprint density at radius 3 is 2.35 bits per heavy atom. The normalized spacial score (nSPS) is 14.8. The second-order valence-corrected chi connectivity index (χ2v) is 7.50. The summed E-state index contributed by atoms with van der Waals surface area (Å²) in [6.45, 7) is 4.73. The number of piperazine rings is 1. The van der Waals surface area contributed by atoms with E-state index in [4.69, 9.17) is 14.2 Å². The maximum Gasteiger partial charge on any atom is 0.416 e. The first-order chi connectivity index (χ1) is 16.3. The summed E-state index contributed by atoms with van der Waals surface area (Å²) in [7, 11) is 1.54. The van der Waals surface area contributed by atoms with E-state index in [9.17, 15) is 18.0 Å². The largest absolute Gasteiger partial charge is 0.497 e. The number of ether oxygens (including phenoxy) is 3. The fraction of sp³-hybridized carbons (Fsp3) is 0.417. The Morgan fingerprint density at radius 2 is 1.74 bits per heavy atom. The van der Waals surface area contributed by atoms with Gasteiger partial charge in [0.15, 0.2) is 0 Å². The SMILES string of the molecule is CCOCCOC(=NC(=O)c1ccc(OC)cc1)N1CCN(c2cccc(C(F)(F)F)c2)CC1. The number of amides is 1. The van der Waals surface area contributed by atoms with Crippen molar-refractivity contribution >= 4 is 17.6 Å². The molecule has 0 saturated carbocycles. The van der Waals surface area contributed by atoms with Crippen LogP contribution in [0.2, 0.25) is 0 Å². The lowest BCUT2D eigenvalue weighted by molar-refractivity contribution is -0.137. The van der Waals surface area contributed by atoms with Crippen LogP contribution in [0, 0.1) is 0 Å². The van der Waals surface area contributed by atoms with Crippen molar-refractivity contribution in [3.8, 4) is 5.75 Å². The second kappa shape index (κ2) is 11.7. The van der Waals surface area contributed by atoms with Crippen LogP contribution in [0.15, 0.2) is 53.5 Å². The highest BCUT2D eigenvalue weighted by Crippen LogP contribution is 2.32. The third-order valence-corrected chi connectivity index (χ3v) is 5.29. The molecule has 0 aromatic heterocycles. The van der Waals surface area contributed by atoms with Gasteiger partial charge in [-0.15, -0.1) is 0 Å². The molecule has 184 valence electrons. The molecule has 1 aliphatic heterocycles. The number of anilines is 1. The first kappa shape index (κ1) is 25.4. The molecule has 3 rings (SSSR count). The van der Waals surface area contributed by atoms with E-state index >= 15 is 0 Å². The number of benzene rings is 2. The monoisotopic (exact) mass is 479 g/mol. The van der Waals surface area contributed by atoms with Crippen LogP contribution in [0.4, 0.5) is 18.9 Å². The summed E-state index contributed by atoms with van der Waals surface area (Å²) >= 11 is 0. The van der Waals surface area contributed by atoms with E-state index in [0.717, 1.165) is 12.1 Å². The number of rotatable bonds is 7. The number of amidine groups is 1. The molecule has 0 aliphatic carbocycles. The summed E-state index contributed by atoms with van der Waals surface area (Å²) in [5.41, 5.74) is 0.202. The lowest BCUT2D eigenvalue weighted by atomic mass is 10.1. The molecule has 1 fully saturated rings. The average molecular weight is 479 g/mol. The fourth-order valence-corrected chi connectivity index (χ4v) is 3.45. The minimum Gasteiger partial charge on any atom is -0.497 e. The van der Waals surface area contributed by atoms with Crippen molar-refractivity contribution in [3.63, 3.8) is 0 Å². The number of aliphatic imine (C=N–C) groups is 1. The van der Waals surface area contributed by atoms with Crippen molar-refractivity contribution < 1.29 is 32.2 Å². The van der Waals surface area contributed by atoms with Crippen molar-refractivity contribution in [2.45, 2.75) is 13.1 Å². The topological polar surface area (TPSA) is 63.6 Å². The highest BCUT2D eigenvalue weighted by molar-refractivity contribution is 6.01. The van der Waals surface area contributed by atoms with Gasteiger partial charge >= 0.3 is 6.18 Å². The van der Waals surface area contributed by atoms with Crippen LogP contribution in [0.1, 0.15) is 22.8 Å². The van der Waals surface area contributed by atoms with Crippen molar-refractivity contribution in [3.05, 3.63) is 59.7 Å². The van der Waals surface area contributed by atoms with E-state index in [1.54, 1.807) is 30.3 Å². The summed E-state index contributed by atoms with van der Waals surface area (Å²) in [5.74, 6) is 0.161. The zero-order valence-corrected chi connectivity index (χ0v) is 19.2. The molecule has 0 radical (unpaired) electrons. The van der Waals surface area contributed by atoms with Gasteiger partial charge < -0.3 is 24.0 Å². The molecule has 0 bridgehead atoms. The molecular weight excluding hydrogens is 451 g/mol. The van der Waals surface area contributed by atoms with E-state index in [0.29, 0.717) is 56.4 Å². The third-order valence-electron chi connectivity index (χ3n) is 5.29. The Hall–Kier alpha value is -3.27. The van der Waals surface area contributed by atoms with Gasteiger partial charge in [-0.25, -0.2) is 0 Å². The zero-order valence-electron chi connectivity index (χ0n) is 19.2. The standard InChI is InChI=1S/C24H28F3N3O4/c1-3-33-15-16-34-23(28-22(31)18-7-9-21(32-2)10-8-18)30-13-11-29(12-14-30)20-6-4-5-19(17-20)24(25,26)27/h4-10,17H,3,11-16H2,1-2H3. The summed E-state index contributed by atoms with van der Waals surface area (Å²) in [6, 6.07) is 12.0. The first-order valence-corrected chi connectivity index (χ1v) is 11.0. The molecule has 2 aromatic rings. The third kappa shape index (κ3) is 6.86. The predicted octanol–water partition coefficient (Wildman–Crippen LogP) is 4.09. The predicted molar refractivity (Wildman–Crippen MR) is 122 cm³/mol. The van der Waals surface area contributed by atoms with Crippen LogP contribution in [-0.4, -0.2) is 69.9 Å². The van der Waals surface area contributed by atoms with Crippen LogP contribution >= 0.6 is 0 Å². The molecular formula is C24H28F3N3O4.